The molecule has 116 valence electrons. The fraction of sp³-hybridized carbons (Fsp3) is 0.294. The summed E-state index contributed by atoms with van der Waals surface area (Å²) < 4.78 is 28.0. The first-order valence-electron chi connectivity index (χ1n) is 7.27. The number of aliphatic hydroxyl groups excluding tert-OH is 1. The van der Waals surface area contributed by atoms with Gasteiger partial charge in [0.05, 0.1) is 17.0 Å². The quantitative estimate of drug-likeness (QED) is 0.907. The molecule has 0 heterocycles. The number of hydrogen-bond donors (Lipinski definition) is 2. The Morgan fingerprint density at radius 3 is 2.50 bits per heavy atom. The Balaban J connectivity index is 1.99. The molecule has 2 aromatic rings. The minimum absolute atomic E-state index is 0.218. The molecule has 1 atom stereocenters. The zero-order valence-electron chi connectivity index (χ0n) is 12.4. The van der Waals surface area contributed by atoms with Crippen LogP contribution >= 0.6 is 0 Å². The van der Waals surface area contributed by atoms with Gasteiger partial charge < -0.3 is 5.11 Å². The van der Waals surface area contributed by atoms with Gasteiger partial charge in [-0.3, -0.25) is 0 Å². The fourth-order valence-corrected chi connectivity index (χ4v) is 4.43. The summed E-state index contributed by atoms with van der Waals surface area (Å²) in [5.41, 5.74) is 2.03. The molecule has 0 unspecified atom stereocenters. The SMILES string of the molecule is Cc1ccc(S(=O)(=O)N[C@]2(CO)CCc3ccccc32)cc1. The molecule has 0 amide bonds. The predicted octanol–water partition coefficient (Wildman–Crippen LogP) is 2.11. The average Bonchev–Trinajstić information content (AvgIpc) is 2.87. The third-order valence-corrected chi connectivity index (χ3v) is 5.84. The number of nitrogens with one attached hydrogen (secondary N) is 1. The summed E-state index contributed by atoms with van der Waals surface area (Å²) in [6, 6.07) is 14.4. The lowest BCUT2D eigenvalue weighted by Crippen LogP contribution is -2.47. The molecule has 2 aromatic carbocycles. The van der Waals surface area contributed by atoms with E-state index in [1.807, 2.05) is 31.2 Å². The van der Waals surface area contributed by atoms with Crippen LogP contribution in [0.5, 0.6) is 0 Å². The third kappa shape index (κ3) is 2.56. The number of sulfonamides is 1. The number of aryl methyl sites for hydroxylation is 2. The normalized spacial score (nSPS) is 20.8. The van der Waals surface area contributed by atoms with Crippen molar-refractivity contribution in [3.63, 3.8) is 0 Å². The molecule has 0 bridgehead atoms. The Morgan fingerprint density at radius 1 is 1.14 bits per heavy atom. The standard InChI is InChI=1S/C17H19NO3S/c1-13-6-8-15(9-7-13)22(20,21)18-17(12-19)11-10-14-4-2-3-5-16(14)17/h2-9,18-19H,10-12H2,1H3/t17-/m0/s1. The summed E-state index contributed by atoms with van der Waals surface area (Å²) in [7, 11) is -3.68. The van der Waals surface area contributed by atoms with E-state index in [1.165, 1.54) is 0 Å². The molecule has 5 heteroatoms. The lowest BCUT2D eigenvalue weighted by atomic mass is 9.94. The van der Waals surface area contributed by atoms with Crippen LogP contribution in [0.15, 0.2) is 53.4 Å². The van der Waals surface area contributed by atoms with Gasteiger partial charge in [0.25, 0.3) is 0 Å². The topological polar surface area (TPSA) is 66.4 Å². The maximum absolute atomic E-state index is 12.7. The maximum atomic E-state index is 12.7. The highest BCUT2D eigenvalue weighted by molar-refractivity contribution is 7.89. The minimum atomic E-state index is -3.68. The first-order chi connectivity index (χ1) is 10.5. The van der Waals surface area contributed by atoms with Gasteiger partial charge in [-0.1, -0.05) is 42.0 Å². The first kappa shape index (κ1) is 15.2. The minimum Gasteiger partial charge on any atom is -0.394 e. The van der Waals surface area contributed by atoms with Crippen LogP contribution in [0.25, 0.3) is 0 Å². The Bertz CT molecular complexity index is 784. The van der Waals surface area contributed by atoms with Gasteiger partial charge in [-0.05, 0) is 43.0 Å². The Hall–Kier alpha value is -1.69. The van der Waals surface area contributed by atoms with Crippen molar-refractivity contribution >= 4 is 10.0 Å². The highest BCUT2D eigenvalue weighted by Crippen LogP contribution is 2.37. The van der Waals surface area contributed by atoms with Crippen molar-refractivity contribution in [2.45, 2.75) is 30.2 Å². The van der Waals surface area contributed by atoms with Crippen LogP contribution in [-0.4, -0.2) is 20.1 Å². The molecule has 0 aromatic heterocycles. The van der Waals surface area contributed by atoms with Crippen molar-refractivity contribution in [1.29, 1.82) is 0 Å². The van der Waals surface area contributed by atoms with Gasteiger partial charge in [-0.25, -0.2) is 8.42 Å². The van der Waals surface area contributed by atoms with Crippen molar-refractivity contribution in [3.8, 4) is 0 Å². The Morgan fingerprint density at radius 2 is 1.82 bits per heavy atom. The largest absolute Gasteiger partial charge is 0.394 e. The van der Waals surface area contributed by atoms with Crippen molar-refractivity contribution in [3.05, 3.63) is 65.2 Å². The molecule has 2 N–H and O–H groups in total. The summed E-state index contributed by atoms with van der Waals surface area (Å²) in [5, 5.41) is 9.89. The van der Waals surface area contributed by atoms with Crippen LogP contribution in [0.1, 0.15) is 23.1 Å². The highest BCUT2D eigenvalue weighted by Gasteiger charge is 2.41. The molecule has 0 spiro atoms. The third-order valence-electron chi connectivity index (χ3n) is 4.28. The van der Waals surface area contributed by atoms with E-state index < -0.39 is 15.6 Å². The van der Waals surface area contributed by atoms with Gasteiger partial charge >= 0.3 is 0 Å². The van der Waals surface area contributed by atoms with E-state index in [0.717, 1.165) is 23.1 Å². The van der Waals surface area contributed by atoms with Crippen LogP contribution in [0.3, 0.4) is 0 Å². The van der Waals surface area contributed by atoms with Gasteiger partial charge in [0, 0.05) is 0 Å². The van der Waals surface area contributed by atoms with Gasteiger partial charge in [0.2, 0.25) is 10.0 Å². The Kier molecular flexibility index (Phi) is 3.80. The van der Waals surface area contributed by atoms with Crippen LogP contribution in [-0.2, 0) is 22.0 Å². The predicted molar refractivity (Wildman–Crippen MR) is 85.0 cm³/mol. The lowest BCUT2D eigenvalue weighted by Gasteiger charge is -2.29. The van der Waals surface area contributed by atoms with E-state index in [9.17, 15) is 13.5 Å². The summed E-state index contributed by atoms with van der Waals surface area (Å²) in [4.78, 5) is 0.218. The van der Waals surface area contributed by atoms with Gasteiger partial charge in [-0.2, -0.15) is 4.72 Å². The van der Waals surface area contributed by atoms with Gasteiger partial charge in [-0.15, -0.1) is 0 Å². The lowest BCUT2D eigenvalue weighted by molar-refractivity contribution is 0.182. The highest BCUT2D eigenvalue weighted by atomic mass is 32.2. The van der Waals surface area contributed by atoms with E-state index in [0.29, 0.717) is 6.42 Å². The van der Waals surface area contributed by atoms with Crippen LogP contribution < -0.4 is 4.72 Å². The molecule has 0 saturated heterocycles. The van der Waals surface area contributed by atoms with Gasteiger partial charge in [0.15, 0.2) is 0 Å². The van der Waals surface area contributed by atoms with Crippen LogP contribution in [0.4, 0.5) is 0 Å². The fourth-order valence-electron chi connectivity index (χ4n) is 3.02. The smallest absolute Gasteiger partial charge is 0.241 e. The number of aliphatic hydroxyl groups is 1. The summed E-state index contributed by atoms with van der Waals surface area (Å²) in [6.45, 7) is 1.65. The van der Waals surface area contributed by atoms with E-state index in [2.05, 4.69) is 4.72 Å². The Labute approximate surface area is 130 Å². The van der Waals surface area contributed by atoms with Gasteiger partial charge in [0.1, 0.15) is 0 Å². The number of hydrogen-bond acceptors (Lipinski definition) is 3. The van der Waals surface area contributed by atoms with Crippen LogP contribution in [0.2, 0.25) is 0 Å². The van der Waals surface area contributed by atoms with E-state index in [-0.39, 0.29) is 11.5 Å². The second kappa shape index (κ2) is 5.50. The van der Waals surface area contributed by atoms with Crippen molar-refractivity contribution < 1.29 is 13.5 Å². The van der Waals surface area contributed by atoms with E-state index in [4.69, 9.17) is 0 Å². The molecule has 3 rings (SSSR count). The molecule has 1 aliphatic rings. The van der Waals surface area contributed by atoms with E-state index >= 15 is 0 Å². The molecule has 22 heavy (non-hydrogen) atoms. The molecular weight excluding hydrogens is 298 g/mol. The second-order valence-corrected chi connectivity index (χ2v) is 7.50. The molecule has 4 nitrogen and oxygen atoms in total. The summed E-state index contributed by atoms with van der Waals surface area (Å²) in [6.07, 6.45) is 1.32. The molecule has 0 saturated carbocycles. The monoisotopic (exact) mass is 317 g/mol. The van der Waals surface area contributed by atoms with Crippen molar-refractivity contribution in [2.75, 3.05) is 6.61 Å². The van der Waals surface area contributed by atoms with E-state index in [1.54, 1.807) is 24.3 Å². The average molecular weight is 317 g/mol. The second-order valence-electron chi connectivity index (χ2n) is 5.82. The van der Waals surface area contributed by atoms with Crippen molar-refractivity contribution in [1.82, 2.24) is 4.72 Å². The zero-order chi connectivity index (χ0) is 15.8. The molecule has 0 radical (unpaired) electrons. The first-order valence-corrected chi connectivity index (χ1v) is 8.75. The molecular formula is C17H19NO3S. The summed E-state index contributed by atoms with van der Waals surface area (Å²) in [5.74, 6) is 0. The zero-order valence-corrected chi connectivity index (χ0v) is 13.2. The number of fused-ring (bicyclic) bond motifs is 1. The maximum Gasteiger partial charge on any atom is 0.241 e. The number of benzene rings is 2. The molecule has 0 fully saturated rings. The number of rotatable bonds is 4. The van der Waals surface area contributed by atoms with Crippen molar-refractivity contribution in [2.24, 2.45) is 0 Å². The van der Waals surface area contributed by atoms with Crippen LogP contribution in [0, 0.1) is 6.92 Å². The molecule has 0 aliphatic heterocycles. The molecule has 1 aliphatic carbocycles. The summed E-state index contributed by atoms with van der Waals surface area (Å²) >= 11 is 0.